The van der Waals surface area contributed by atoms with Gasteiger partial charge in [0.05, 0.1) is 13.2 Å². The molecular formula is C7H9NO5. The first-order valence-corrected chi connectivity index (χ1v) is 3.28. The summed E-state index contributed by atoms with van der Waals surface area (Å²) in [6.45, 7) is 1.13. The number of carbonyl (C=O) groups excluding carboxylic acids is 2. The standard InChI is InChI=1S/C7H9NO5/c1-4(9)8-5(7(11)12)3-6(10)13-2/h3H,1-2H3,(H,8,9)(H,11,12)/b5-3+. The van der Waals surface area contributed by atoms with Gasteiger partial charge in [-0.1, -0.05) is 0 Å². The van der Waals surface area contributed by atoms with Crippen molar-refractivity contribution in [3.8, 4) is 0 Å². The summed E-state index contributed by atoms with van der Waals surface area (Å²) in [6.07, 6.45) is 0.684. The van der Waals surface area contributed by atoms with Gasteiger partial charge in [-0.05, 0) is 0 Å². The fourth-order valence-electron chi connectivity index (χ4n) is 0.518. The van der Waals surface area contributed by atoms with Crippen molar-refractivity contribution in [2.24, 2.45) is 0 Å². The van der Waals surface area contributed by atoms with Crippen molar-refractivity contribution >= 4 is 17.8 Å². The highest BCUT2D eigenvalue weighted by atomic mass is 16.5. The van der Waals surface area contributed by atoms with E-state index in [1.54, 1.807) is 0 Å². The maximum atomic E-state index is 10.6. The van der Waals surface area contributed by atoms with Crippen LogP contribution in [0, 0.1) is 0 Å². The molecule has 13 heavy (non-hydrogen) atoms. The molecule has 0 aromatic carbocycles. The Bertz CT molecular complexity index is 268. The van der Waals surface area contributed by atoms with Gasteiger partial charge >= 0.3 is 11.9 Å². The SMILES string of the molecule is COC(=O)/C=C(/NC(C)=O)C(=O)O. The van der Waals surface area contributed by atoms with Crippen molar-refractivity contribution in [1.82, 2.24) is 5.32 Å². The maximum absolute atomic E-state index is 10.6. The Hall–Kier alpha value is -1.85. The van der Waals surface area contributed by atoms with Crippen LogP contribution in [0.4, 0.5) is 0 Å². The minimum atomic E-state index is -1.40. The molecule has 0 aromatic rings. The van der Waals surface area contributed by atoms with Crippen molar-refractivity contribution in [2.45, 2.75) is 6.92 Å². The molecule has 1 amide bonds. The quantitative estimate of drug-likeness (QED) is 0.448. The first-order chi connectivity index (χ1) is 5.97. The van der Waals surface area contributed by atoms with Gasteiger partial charge in [-0.3, -0.25) is 4.79 Å². The second kappa shape index (κ2) is 4.91. The molecule has 0 radical (unpaired) electrons. The van der Waals surface area contributed by atoms with E-state index in [4.69, 9.17) is 5.11 Å². The molecule has 6 nitrogen and oxygen atoms in total. The van der Waals surface area contributed by atoms with Gasteiger partial charge in [0.15, 0.2) is 0 Å². The molecule has 0 aliphatic carbocycles. The van der Waals surface area contributed by atoms with Crippen molar-refractivity contribution < 1.29 is 24.2 Å². The Morgan fingerprint density at radius 3 is 2.23 bits per heavy atom. The topological polar surface area (TPSA) is 92.7 Å². The van der Waals surface area contributed by atoms with Crippen LogP contribution in [0.3, 0.4) is 0 Å². The van der Waals surface area contributed by atoms with E-state index in [1.165, 1.54) is 0 Å². The molecule has 0 fully saturated rings. The molecule has 0 aliphatic heterocycles. The fraction of sp³-hybridized carbons (Fsp3) is 0.286. The van der Waals surface area contributed by atoms with Crippen molar-refractivity contribution in [3.05, 3.63) is 11.8 Å². The highest BCUT2D eigenvalue weighted by molar-refractivity contribution is 5.98. The first-order valence-electron chi connectivity index (χ1n) is 3.28. The molecule has 0 saturated heterocycles. The van der Waals surface area contributed by atoms with Crippen LogP contribution >= 0.6 is 0 Å². The van der Waals surface area contributed by atoms with Crippen LogP contribution in [0.25, 0.3) is 0 Å². The highest BCUT2D eigenvalue weighted by Crippen LogP contribution is 1.90. The van der Waals surface area contributed by atoms with Gasteiger partial charge in [0.25, 0.3) is 0 Å². The minimum absolute atomic E-state index is 0.514. The summed E-state index contributed by atoms with van der Waals surface area (Å²) in [5.41, 5.74) is -0.514. The van der Waals surface area contributed by atoms with E-state index < -0.39 is 23.5 Å². The zero-order chi connectivity index (χ0) is 10.4. The molecule has 6 heteroatoms. The molecule has 0 saturated carbocycles. The van der Waals surface area contributed by atoms with Crippen LogP contribution in [0.2, 0.25) is 0 Å². The number of carboxylic acid groups (broad SMARTS) is 1. The summed E-state index contributed by atoms with van der Waals surface area (Å²) >= 11 is 0. The number of esters is 1. The Labute approximate surface area is 74.2 Å². The lowest BCUT2D eigenvalue weighted by Crippen LogP contribution is -2.25. The number of rotatable bonds is 3. The first kappa shape index (κ1) is 11.2. The molecule has 0 aliphatic rings. The summed E-state index contributed by atoms with van der Waals surface area (Å²) in [7, 11) is 1.10. The molecule has 2 N–H and O–H groups in total. The van der Waals surface area contributed by atoms with Crippen LogP contribution in [-0.2, 0) is 19.1 Å². The molecule has 0 heterocycles. The normalized spacial score (nSPS) is 10.5. The number of hydrogen-bond donors (Lipinski definition) is 2. The van der Waals surface area contributed by atoms with Crippen LogP contribution in [-0.4, -0.2) is 30.1 Å². The lowest BCUT2D eigenvalue weighted by Gasteiger charge is -2.01. The van der Waals surface area contributed by atoms with E-state index in [1.807, 2.05) is 5.32 Å². The molecular weight excluding hydrogens is 178 g/mol. The van der Waals surface area contributed by atoms with E-state index in [9.17, 15) is 14.4 Å². The summed E-state index contributed by atoms with van der Waals surface area (Å²) in [5, 5.41) is 10.4. The Morgan fingerprint density at radius 2 is 1.92 bits per heavy atom. The smallest absolute Gasteiger partial charge is 0.352 e. The number of amides is 1. The van der Waals surface area contributed by atoms with Gasteiger partial charge in [0.2, 0.25) is 5.91 Å². The highest BCUT2D eigenvalue weighted by Gasteiger charge is 2.10. The lowest BCUT2D eigenvalue weighted by molar-refractivity contribution is -0.137. The Balaban J connectivity index is 4.60. The molecule has 0 spiro atoms. The molecule has 0 atom stereocenters. The predicted octanol–water partition coefficient (Wildman–Crippen LogP) is -0.736. The third-order valence-corrected chi connectivity index (χ3v) is 1.00. The zero-order valence-electron chi connectivity index (χ0n) is 7.16. The summed E-state index contributed by atoms with van der Waals surface area (Å²) in [5.74, 6) is -2.82. The fourth-order valence-corrected chi connectivity index (χ4v) is 0.518. The van der Waals surface area contributed by atoms with Crippen LogP contribution in [0.5, 0.6) is 0 Å². The van der Waals surface area contributed by atoms with Crippen LogP contribution < -0.4 is 5.32 Å². The van der Waals surface area contributed by atoms with E-state index >= 15 is 0 Å². The molecule has 0 rings (SSSR count). The molecule has 0 aromatic heterocycles. The van der Waals surface area contributed by atoms with E-state index in [-0.39, 0.29) is 0 Å². The minimum Gasteiger partial charge on any atom is -0.477 e. The lowest BCUT2D eigenvalue weighted by atomic mass is 10.4. The largest absolute Gasteiger partial charge is 0.477 e. The third kappa shape index (κ3) is 4.57. The summed E-state index contributed by atoms with van der Waals surface area (Å²) < 4.78 is 4.18. The van der Waals surface area contributed by atoms with Gasteiger partial charge in [0.1, 0.15) is 5.70 Å². The summed E-state index contributed by atoms with van der Waals surface area (Å²) in [6, 6.07) is 0. The van der Waals surface area contributed by atoms with E-state index in [0.717, 1.165) is 14.0 Å². The molecule has 0 bridgehead atoms. The van der Waals surface area contributed by atoms with Crippen LogP contribution in [0.1, 0.15) is 6.92 Å². The number of hydrogen-bond acceptors (Lipinski definition) is 4. The maximum Gasteiger partial charge on any atom is 0.352 e. The van der Waals surface area contributed by atoms with Gasteiger partial charge in [0, 0.05) is 6.92 Å². The average Bonchev–Trinajstić information content (AvgIpc) is 2.02. The van der Waals surface area contributed by atoms with Gasteiger partial charge in [-0.25, -0.2) is 9.59 Å². The van der Waals surface area contributed by atoms with Gasteiger partial charge < -0.3 is 15.2 Å². The number of ether oxygens (including phenoxy) is 1. The summed E-state index contributed by atoms with van der Waals surface area (Å²) in [4.78, 5) is 31.5. The van der Waals surface area contributed by atoms with E-state index in [0.29, 0.717) is 6.08 Å². The number of nitrogens with one attached hydrogen (secondary N) is 1. The van der Waals surface area contributed by atoms with Gasteiger partial charge in [-0.2, -0.15) is 0 Å². The van der Waals surface area contributed by atoms with Crippen molar-refractivity contribution in [1.29, 1.82) is 0 Å². The average molecular weight is 187 g/mol. The van der Waals surface area contributed by atoms with Crippen molar-refractivity contribution in [3.63, 3.8) is 0 Å². The zero-order valence-corrected chi connectivity index (χ0v) is 7.16. The monoisotopic (exact) mass is 187 g/mol. The molecule has 72 valence electrons. The predicted molar refractivity (Wildman–Crippen MR) is 41.6 cm³/mol. The second-order valence-corrected chi connectivity index (χ2v) is 2.07. The van der Waals surface area contributed by atoms with Gasteiger partial charge in [-0.15, -0.1) is 0 Å². The second-order valence-electron chi connectivity index (χ2n) is 2.07. The number of carbonyl (C=O) groups is 3. The third-order valence-electron chi connectivity index (χ3n) is 1.00. The van der Waals surface area contributed by atoms with Crippen LogP contribution in [0.15, 0.2) is 11.8 Å². The Morgan fingerprint density at radius 1 is 1.38 bits per heavy atom. The molecule has 0 unspecified atom stereocenters. The van der Waals surface area contributed by atoms with Crippen molar-refractivity contribution in [2.75, 3.05) is 7.11 Å². The van der Waals surface area contributed by atoms with E-state index in [2.05, 4.69) is 4.74 Å². The Kier molecular flexibility index (Phi) is 4.21. The number of aliphatic carboxylic acids is 1. The number of methoxy groups -OCH3 is 1. The number of carboxylic acids is 1.